The third-order valence-corrected chi connectivity index (χ3v) is 5.62. The fraction of sp³-hybridized carbons (Fsp3) is 0.364. The molecule has 2 aromatic rings. The van der Waals surface area contributed by atoms with Crippen LogP contribution < -0.4 is 15.0 Å². The van der Waals surface area contributed by atoms with E-state index in [2.05, 4.69) is 16.3 Å². The van der Waals surface area contributed by atoms with Gasteiger partial charge in [0, 0.05) is 30.8 Å². The lowest BCUT2D eigenvalue weighted by atomic mass is 9.92. The number of rotatable bonds is 4. The Labute approximate surface area is 168 Å². The summed E-state index contributed by atoms with van der Waals surface area (Å²) in [6.45, 7) is 1.39. The number of hydrogen-bond acceptors (Lipinski definition) is 5. The lowest BCUT2D eigenvalue weighted by molar-refractivity contribution is -0.116. The number of hydrogen-bond donors (Lipinski definition) is 2. The van der Waals surface area contributed by atoms with Crippen molar-refractivity contribution in [3.8, 4) is 11.8 Å². The van der Waals surface area contributed by atoms with E-state index < -0.39 is 11.4 Å². The van der Waals surface area contributed by atoms with Crippen LogP contribution in [0.15, 0.2) is 36.4 Å². The van der Waals surface area contributed by atoms with Gasteiger partial charge in [0.25, 0.3) is 0 Å². The summed E-state index contributed by atoms with van der Waals surface area (Å²) in [5.74, 6) is -0.189. The monoisotopic (exact) mass is 395 g/mol. The molecule has 0 spiro atoms. The molecular formula is C22H22FN3O3. The molecule has 2 heterocycles. The van der Waals surface area contributed by atoms with Crippen LogP contribution in [0.1, 0.15) is 30.4 Å². The molecule has 0 unspecified atom stereocenters. The molecule has 0 aromatic heterocycles. The number of halogens is 1. The van der Waals surface area contributed by atoms with E-state index >= 15 is 0 Å². The zero-order chi connectivity index (χ0) is 20.4. The third-order valence-electron chi connectivity index (χ3n) is 5.62. The van der Waals surface area contributed by atoms with Crippen molar-refractivity contribution < 1.29 is 19.0 Å². The van der Waals surface area contributed by atoms with Crippen molar-refractivity contribution in [3.05, 3.63) is 53.3 Å². The number of carbonyl (C=O) groups is 1. The number of amides is 1. The maximum absolute atomic E-state index is 14.0. The molecule has 0 atom stereocenters. The minimum Gasteiger partial charge on any atom is -0.490 e. The van der Waals surface area contributed by atoms with Gasteiger partial charge in [-0.05, 0) is 49.6 Å². The Morgan fingerprint density at radius 2 is 2.03 bits per heavy atom. The first-order valence-electron chi connectivity index (χ1n) is 9.69. The predicted octanol–water partition coefficient (Wildman–Crippen LogP) is 2.99. The second-order valence-corrected chi connectivity index (χ2v) is 7.61. The van der Waals surface area contributed by atoms with Gasteiger partial charge in [0.15, 0.2) is 0 Å². The van der Waals surface area contributed by atoms with Crippen LogP contribution in [0.2, 0.25) is 0 Å². The normalized spacial score (nSPS) is 17.8. The Kier molecular flexibility index (Phi) is 5.12. The van der Waals surface area contributed by atoms with Crippen LogP contribution in [0.5, 0.6) is 5.75 Å². The molecule has 2 aliphatic heterocycles. The van der Waals surface area contributed by atoms with Gasteiger partial charge in [-0.1, -0.05) is 6.07 Å². The van der Waals surface area contributed by atoms with E-state index in [0.29, 0.717) is 49.2 Å². The predicted molar refractivity (Wildman–Crippen MR) is 106 cm³/mol. The molecule has 2 aromatic carbocycles. The Morgan fingerprint density at radius 3 is 2.79 bits per heavy atom. The number of ether oxygens (including phenoxy) is 1. The van der Waals surface area contributed by atoms with Gasteiger partial charge in [-0.25, -0.2) is 4.39 Å². The molecule has 0 radical (unpaired) electrons. The van der Waals surface area contributed by atoms with E-state index in [9.17, 15) is 14.3 Å². The van der Waals surface area contributed by atoms with Gasteiger partial charge < -0.3 is 20.1 Å². The standard InChI is InChI=1S/C22H22FN3O3/c23-18-5-6-19(17-4-7-20(27)25-21(17)18)29-14-22(28)8-10-26(11-9-22)16-3-1-2-15(12-16)13-24/h1-3,5-6,12,28H,4,7-11,14H2,(H,25,27). The zero-order valence-corrected chi connectivity index (χ0v) is 15.9. The quantitative estimate of drug-likeness (QED) is 0.831. The molecule has 2 N–H and O–H groups in total. The van der Waals surface area contributed by atoms with E-state index in [4.69, 9.17) is 10.00 Å². The largest absolute Gasteiger partial charge is 0.490 e. The van der Waals surface area contributed by atoms with Gasteiger partial charge in [0.05, 0.1) is 17.3 Å². The highest BCUT2D eigenvalue weighted by atomic mass is 19.1. The molecule has 7 heteroatoms. The van der Waals surface area contributed by atoms with Crippen LogP contribution in [0, 0.1) is 17.1 Å². The lowest BCUT2D eigenvalue weighted by Crippen LogP contribution is -2.48. The average Bonchev–Trinajstić information content (AvgIpc) is 2.74. The zero-order valence-electron chi connectivity index (χ0n) is 15.9. The molecule has 150 valence electrons. The number of nitriles is 1. The number of benzene rings is 2. The lowest BCUT2D eigenvalue weighted by Gasteiger charge is -2.39. The molecule has 1 amide bonds. The van der Waals surface area contributed by atoms with Crippen molar-refractivity contribution >= 4 is 17.3 Å². The summed E-state index contributed by atoms with van der Waals surface area (Å²) in [5.41, 5.74) is 1.41. The van der Waals surface area contributed by atoms with Gasteiger partial charge in [-0.2, -0.15) is 5.26 Å². The summed E-state index contributed by atoms with van der Waals surface area (Å²) in [5, 5.41) is 22.6. The van der Waals surface area contributed by atoms with Gasteiger partial charge >= 0.3 is 0 Å². The van der Waals surface area contributed by atoms with Crippen molar-refractivity contribution in [2.75, 3.05) is 29.9 Å². The van der Waals surface area contributed by atoms with Crippen molar-refractivity contribution in [2.24, 2.45) is 0 Å². The van der Waals surface area contributed by atoms with E-state index in [-0.39, 0.29) is 24.6 Å². The number of nitrogens with zero attached hydrogens (tertiary/aromatic N) is 2. The van der Waals surface area contributed by atoms with Crippen LogP contribution >= 0.6 is 0 Å². The fourth-order valence-corrected chi connectivity index (χ4v) is 3.87. The molecule has 0 saturated carbocycles. The second kappa shape index (κ2) is 7.72. The number of anilines is 2. The van der Waals surface area contributed by atoms with Gasteiger partial charge in [0.2, 0.25) is 5.91 Å². The second-order valence-electron chi connectivity index (χ2n) is 7.61. The van der Waals surface area contributed by atoms with Crippen molar-refractivity contribution in [2.45, 2.75) is 31.3 Å². The third kappa shape index (κ3) is 4.03. The molecule has 0 bridgehead atoms. The molecule has 1 fully saturated rings. The van der Waals surface area contributed by atoms with Crippen LogP contribution in [-0.4, -0.2) is 36.3 Å². The number of carbonyl (C=O) groups excluding carboxylic acids is 1. The van der Waals surface area contributed by atoms with E-state index in [1.165, 1.54) is 6.07 Å². The smallest absolute Gasteiger partial charge is 0.224 e. The first kappa shape index (κ1) is 19.2. The maximum atomic E-state index is 14.0. The van der Waals surface area contributed by atoms with E-state index in [0.717, 1.165) is 5.69 Å². The maximum Gasteiger partial charge on any atom is 0.224 e. The van der Waals surface area contributed by atoms with Crippen molar-refractivity contribution in [1.29, 1.82) is 5.26 Å². The molecule has 4 rings (SSSR count). The Hall–Kier alpha value is -3.11. The fourth-order valence-electron chi connectivity index (χ4n) is 3.87. The highest BCUT2D eigenvalue weighted by Gasteiger charge is 2.34. The van der Waals surface area contributed by atoms with Crippen molar-refractivity contribution in [1.82, 2.24) is 0 Å². The Balaban J connectivity index is 1.41. The highest BCUT2D eigenvalue weighted by molar-refractivity contribution is 5.94. The average molecular weight is 395 g/mol. The van der Waals surface area contributed by atoms with Gasteiger partial charge in [0.1, 0.15) is 23.8 Å². The van der Waals surface area contributed by atoms with Crippen LogP contribution in [-0.2, 0) is 11.2 Å². The first-order valence-corrected chi connectivity index (χ1v) is 9.69. The summed E-state index contributed by atoms with van der Waals surface area (Å²) >= 11 is 0. The number of aliphatic hydroxyl groups is 1. The summed E-state index contributed by atoms with van der Waals surface area (Å²) < 4.78 is 19.9. The molecule has 6 nitrogen and oxygen atoms in total. The number of nitrogens with one attached hydrogen (secondary N) is 1. The SMILES string of the molecule is N#Cc1cccc(N2CCC(O)(COc3ccc(F)c4c3CCC(=O)N4)CC2)c1. The molecule has 2 aliphatic rings. The minimum atomic E-state index is -0.984. The van der Waals surface area contributed by atoms with Crippen LogP contribution in [0.3, 0.4) is 0 Å². The first-order chi connectivity index (χ1) is 14.0. The minimum absolute atomic E-state index is 0.102. The van der Waals surface area contributed by atoms with Gasteiger partial charge in [-0.15, -0.1) is 0 Å². The van der Waals surface area contributed by atoms with Crippen LogP contribution in [0.4, 0.5) is 15.8 Å². The Morgan fingerprint density at radius 1 is 1.24 bits per heavy atom. The summed E-state index contributed by atoms with van der Waals surface area (Å²) in [6, 6.07) is 12.4. The van der Waals surface area contributed by atoms with E-state index in [1.54, 1.807) is 12.1 Å². The molecule has 29 heavy (non-hydrogen) atoms. The molecule has 0 aliphatic carbocycles. The molecular weight excluding hydrogens is 373 g/mol. The van der Waals surface area contributed by atoms with Crippen molar-refractivity contribution in [3.63, 3.8) is 0 Å². The molecule has 1 saturated heterocycles. The highest BCUT2D eigenvalue weighted by Crippen LogP contribution is 2.35. The van der Waals surface area contributed by atoms with Gasteiger partial charge in [-0.3, -0.25) is 4.79 Å². The summed E-state index contributed by atoms with van der Waals surface area (Å²) in [7, 11) is 0. The summed E-state index contributed by atoms with van der Waals surface area (Å²) in [6.07, 6.45) is 1.73. The summed E-state index contributed by atoms with van der Waals surface area (Å²) in [4.78, 5) is 13.7. The van der Waals surface area contributed by atoms with E-state index in [1.807, 2.05) is 18.2 Å². The number of piperidine rings is 1. The topological polar surface area (TPSA) is 85.6 Å². The van der Waals surface area contributed by atoms with Crippen LogP contribution in [0.25, 0.3) is 0 Å². The Bertz CT molecular complexity index is 978. The number of fused-ring (bicyclic) bond motifs is 1.